The lowest BCUT2D eigenvalue weighted by molar-refractivity contribution is 0.0935. The van der Waals surface area contributed by atoms with E-state index in [1.165, 1.54) is 6.33 Å². The molecule has 1 N–H and O–H groups in total. The fourth-order valence-corrected chi connectivity index (χ4v) is 2.11. The van der Waals surface area contributed by atoms with Crippen molar-refractivity contribution in [2.75, 3.05) is 0 Å². The summed E-state index contributed by atoms with van der Waals surface area (Å²) in [5.41, 5.74) is 2.34. The highest BCUT2D eigenvalue weighted by molar-refractivity contribution is 5.92. The van der Waals surface area contributed by atoms with E-state index in [2.05, 4.69) is 20.4 Å². The van der Waals surface area contributed by atoms with Gasteiger partial charge in [-0.25, -0.2) is 9.67 Å². The Bertz CT molecular complexity index is 738. The molecule has 3 aromatic rings. The zero-order valence-electron chi connectivity index (χ0n) is 12.0. The molecule has 0 fully saturated rings. The van der Waals surface area contributed by atoms with Gasteiger partial charge >= 0.3 is 0 Å². The summed E-state index contributed by atoms with van der Waals surface area (Å²) in [4.78, 5) is 20.0. The van der Waals surface area contributed by atoms with Crippen LogP contribution in [0.15, 0.2) is 61.3 Å². The Morgan fingerprint density at radius 3 is 2.64 bits per heavy atom. The molecule has 0 aliphatic rings. The van der Waals surface area contributed by atoms with Crippen molar-refractivity contribution in [3.8, 4) is 5.69 Å². The Morgan fingerprint density at radius 1 is 1.18 bits per heavy atom. The first-order valence-electron chi connectivity index (χ1n) is 6.91. The van der Waals surface area contributed by atoms with Crippen molar-refractivity contribution >= 4 is 5.91 Å². The fraction of sp³-hybridized carbons (Fsp3) is 0.125. The smallest absolute Gasteiger partial charge is 0.270 e. The molecule has 6 heteroatoms. The second-order valence-electron chi connectivity index (χ2n) is 4.84. The van der Waals surface area contributed by atoms with Crippen LogP contribution in [0, 0.1) is 0 Å². The number of pyridine rings is 1. The van der Waals surface area contributed by atoms with Crippen molar-refractivity contribution in [3.63, 3.8) is 0 Å². The summed E-state index contributed by atoms with van der Waals surface area (Å²) in [7, 11) is 0. The maximum absolute atomic E-state index is 12.1. The maximum Gasteiger partial charge on any atom is 0.270 e. The van der Waals surface area contributed by atoms with Crippen molar-refractivity contribution in [3.05, 3.63) is 72.6 Å². The average molecular weight is 293 g/mol. The lowest BCUT2D eigenvalue weighted by Gasteiger charge is -2.14. The summed E-state index contributed by atoms with van der Waals surface area (Å²) in [6.45, 7) is 1.94. The monoisotopic (exact) mass is 293 g/mol. The van der Waals surface area contributed by atoms with Gasteiger partial charge in [-0.1, -0.05) is 18.2 Å². The molecule has 1 unspecified atom stereocenters. The van der Waals surface area contributed by atoms with E-state index in [0.29, 0.717) is 5.69 Å². The van der Waals surface area contributed by atoms with Crippen LogP contribution in [-0.4, -0.2) is 25.7 Å². The highest BCUT2D eigenvalue weighted by Crippen LogP contribution is 2.15. The van der Waals surface area contributed by atoms with Gasteiger partial charge in [0.25, 0.3) is 5.91 Å². The number of nitrogens with zero attached hydrogens (tertiary/aromatic N) is 4. The molecule has 1 aromatic carbocycles. The molecular formula is C16H15N5O. The Labute approximate surface area is 127 Å². The highest BCUT2D eigenvalue weighted by atomic mass is 16.1. The van der Waals surface area contributed by atoms with E-state index in [1.807, 2.05) is 31.2 Å². The van der Waals surface area contributed by atoms with Crippen LogP contribution in [0.2, 0.25) is 0 Å². The van der Waals surface area contributed by atoms with Crippen molar-refractivity contribution in [1.29, 1.82) is 0 Å². The quantitative estimate of drug-likeness (QED) is 0.800. The number of aromatic nitrogens is 4. The van der Waals surface area contributed by atoms with Gasteiger partial charge in [0.15, 0.2) is 0 Å². The first-order valence-corrected chi connectivity index (χ1v) is 6.91. The molecule has 0 saturated heterocycles. The molecule has 110 valence electrons. The van der Waals surface area contributed by atoms with Crippen molar-refractivity contribution in [2.24, 2.45) is 0 Å². The second-order valence-corrected chi connectivity index (χ2v) is 4.84. The minimum atomic E-state index is -0.187. The largest absolute Gasteiger partial charge is 0.344 e. The second kappa shape index (κ2) is 6.17. The van der Waals surface area contributed by atoms with E-state index in [1.54, 1.807) is 35.4 Å². The topological polar surface area (TPSA) is 72.7 Å². The molecule has 0 bridgehead atoms. The molecule has 0 aliphatic carbocycles. The summed E-state index contributed by atoms with van der Waals surface area (Å²) in [6, 6.07) is 12.9. The van der Waals surface area contributed by atoms with E-state index >= 15 is 0 Å². The standard InChI is InChI=1S/C16H15N5O/c1-12(20-16(22)15-4-2-3-9-18-15)13-5-7-14(8-6-13)21-11-17-10-19-21/h2-12H,1H3,(H,20,22). The number of rotatable bonds is 4. The molecule has 2 heterocycles. The molecule has 6 nitrogen and oxygen atoms in total. The highest BCUT2D eigenvalue weighted by Gasteiger charge is 2.12. The summed E-state index contributed by atoms with van der Waals surface area (Å²) >= 11 is 0. The molecule has 0 spiro atoms. The molecule has 1 atom stereocenters. The van der Waals surface area contributed by atoms with Crippen LogP contribution >= 0.6 is 0 Å². The third-order valence-electron chi connectivity index (χ3n) is 3.32. The minimum Gasteiger partial charge on any atom is -0.344 e. The van der Waals surface area contributed by atoms with Gasteiger partial charge < -0.3 is 5.32 Å². The zero-order chi connectivity index (χ0) is 15.4. The fourth-order valence-electron chi connectivity index (χ4n) is 2.11. The normalized spacial score (nSPS) is 11.9. The van der Waals surface area contributed by atoms with Gasteiger partial charge in [-0.2, -0.15) is 5.10 Å². The minimum absolute atomic E-state index is 0.112. The predicted octanol–water partition coefficient (Wildman–Crippen LogP) is 2.15. The molecule has 3 rings (SSSR count). The number of hydrogen-bond donors (Lipinski definition) is 1. The number of carbonyl (C=O) groups is 1. The Hall–Kier alpha value is -3.02. The van der Waals surface area contributed by atoms with Crippen molar-refractivity contribution in [2.45, 2.75) is 13.0 Å². The number of amides is 1. The molecule has 0 aliphatic heterocycles. The number of carbonyl (C=O) groups excluding carboxylic acids is 1. The van der Waals surface area contributed by atoms with E-state index < -0.39 is 0 Å². The molecular weight excluding hydrogens is 278 g/mol. The first-order chi connectivity index (χ1) is 10.7. The third kappa shape index (κ3) is 3.01. The molecule has 0 radical (unpaired) electrons. The van der Waals surface area contributed by atoms with Gasteiger partial charge in [0.05, 0.1) is 11.7 Å². The van der Waals surface area contributed by atoms with Crippen LogP contribution in [0.1, 0.15) is 29.0 Å². The van der Waals surface area contributed by atoms with E-state index in [0.717, 1.165) is 11.3 Å². The van der Waals surface area contributed by atoms with E-state index in [-0.39, 0.29) is 11.9 Å². The van der Waals surface area contributed by atoms with Crippen LogP contribution in [0.3, 0.4) is 0 Å². The molecule has 22 heavy (non-hydrogen) atoms. The molecule has 2 aromatic heterocycles. The predicted molar refractivity (Wildman–Crippen MR) is 81.5 cm³/mol. The summed E-state index contributed by atoms with van der Waals surface area (Å²) in [6.07, 6.45) is 4.73. The van der Waals surface area contributed by atoms with E-state index in [4.69, 9.17) is 0 Å². The SMILES string of the molecule is CC(NC(=O)c1ccccn1)c1ccc(-n2cncn2)cc1. The van der Waals surface area contributed by atoms with Crippen LogP contribution in [0.5, 0.6) is 0 Å². The van der Waals surface area contributed by atoms with Gasteiger partial charge in [-0.3, -0.25) is 9.78 Å². The van der Waals surface area contributed by atoms with Crippen LogP contribution < -0.4 is 5.32 Å². The average Bonchev–Trinajstić information content (AvgIpc) is 3.10. The Kier molecular flexibility index (Phi) is 3.91. The van der Waals surface area contributed by atoms with E-state index in [9.17, 15) is 4.79 Å². The van der Waals surface area contributed by atoms with Crippen molar-refractivity contribution in [1.82, 2.24) is 25.1 Å². The van der Waals surface area contributed by atoms with Gasteiger partial charge in [0, 0.05) is 6.20 Å². The third-order valence-corrected chi connectivity index (χ3v) is 3.32. The number of hydrogen-bond acceptors (Lipinski definition) is 4. The zero-order valence-corrected chi connectivity index (χ0v) is 12.0. The summed E-state index contributed by atoms with van der Waals surface area (Å²) in [5.74, 6) is -0.187. The number of nitrogens with one attached hydrogen (secondary N) is 1. The van der Waals surface area contributed by atoms with Crippen LogP contribution in [-0.2, 0) is 0 Å². The van der Waals surface area contributed by atoms with Gasteiger partial charge in [-0.05, 0) is 36.8 Å². The van der Waals surface area contributed by atoms with Crippen LogP contribution in [0.25, 0.3) is 5.69 Å². The number of benzene rings is 1. The molecule has 0 saturated carbocycles. The van der Waals surface area contributed by atoms with Gasteiger partial charge in [0.1, 0.15) is 18.3 Å². The van der Waals surface area contributed by atoms with Crippen molar-refractivity contribution < 1.29 is 4.79 Å². The van der Waals surface area contributed by atoms with Gasteiger partial charge in [-0.15, -0.1) is 0 Å². The Balaban J connectivity index is 1.70. The summed E-state index contributed by atoms with van der Waals surface area (Å²) in [5, 5.41) is 7.01. The maximum atomic E-state index is 12.1. The lowest BCUT2D eigenvalue weighted by Crippen LogP contribution is -2.27. The first kappa shape index (κ1) is 13.9. The van der Waals surface area contributed by atoms with Crippen LogP contribution in [0.4, 0.5) is 0 Å². The van der Waals surface area contributed by atoms with Gasteiger partial charge in [0.2, 0.25) is 0 Å². The lowest BCUT2D eigenvalue weighted by atomic mass is 10.1. The molecule has 1 amide bonds. The Morgan fingerprint density at radius 2 is 2.00 bits per heavy atom. The summed E-state index contributed by atoms with van der Waals surface area (Å²) < 4.78 is 1.68.